The average Bonchev–Trinajstić information content (AvgIpc) is 2.93. The minimum Gasteiger partial charge on any atom is -0.354 e. The van der Waals surface area contributed by atoms with Crippen LogP contribution in [0, 0.1) is 0 Å². The number of hydrogen-bond donors (Lipinski definition) is 2. The van der Waals surface area contributed by atoms with Gasteiger partial charge in [-0.15, -0.1) is 11.3 Å². The van der Waals surface area contributed by atoms with Gasteiger partial charge in [0, 0.05) is 6.54 Å². The average molecular weight is 384 g/mol. The van der Waals surface area contributed by atoms with E-state index in [0.717, 1.165) is 32.7 Å². The number of thiophene rings is 1. The predicted molar refractivity (Wildman–Crippen MR) is 94.0 cm³/mol. The summed E-state index contributed by atoms with van der Waals surface area (Å²) in [7, 11) is 0. The molecule has 0 bridgehead atoms. The molecule has 3 aromatic rings. The van der Waals surface area contributed by atoms with Crippen molar-refractivity contribution in [3.05, 3.63) is 39.1 Å². The van der Waals surface area contributed by atoms with Crippen LogP contribution < -0.4 is 10.6 Å². The molecule has 0 unspecified atom stereocenters. The molecule has 0 radical (unpaired) electrons. The lowest BCUT2D eigenvalue weighted by Crippen LogP contribution is -2.04. The Morgan fingerprint density at radius 2 is 2.14 bits per heavy atom. The van der Waals surface area contributed by atoms with Crippen LogP contribution in [0.2, 0.25) is 5.02 Å². The van der Waals surface area contributed by atoms with Gasteiger partial charge in [-0.05, 0) is 46.4 Å². The molecule has 0 aliphatic carbocycles. The predicted octanol–water partition coefficient (Wildman–Crippen LogP) is 5.28. The Morgan fingerprint density at radius 1 is 1.29 bits per heavy atom. The van der Waals surface area contributed by atoms with Crippen LogP contribution in [-0.2, 0) is 0 Å². The number of fused-ring (bicyclic) bond motifs is 1. The number of nitrogens with zero attached hydrogens (tertiary/aromatic N) is 2. The van der Waals surface area contributed by atoms with Gasteiger partial charge in [-0.2, -0.15) is 4.98 Å². The summed E-state index contributed by atoms with van der Waals surface area (Å²) in [5.74, 6) is 1.38. The van der Waals surface area contributed by atoms with Crippen molar-refractivity contribution >= 4 is 66.5 Å². The van der Waals surface area contributed by atoms with E-state index in [1.165, 1.54) is 0 Å². The van der Waals surface area contributed by atoms with Crippen LogP contribution >= 0.6 is 38.9 Å². The molecule has 0 atom stereocenters. The van der Waals surface area contributed by atoms with E-state index in [9.17, 15) is 0 Å². The Labute approximate surface area is 139 Å². The van der Waals surface area contributed by atoms with E-state index < -0.39 is 0 Å². The number of nitrogens with one attached hydrogen (secondary N) is 2. The number of benzene rings is 1. The maximum Gasteiger partial charge on any atom is 0.226 e. The molecule has 2 aromatic heterocycles. The fourth-order valence-electron chi connectivity index (χ4n) is 1.92. The van der Waals surface area contributed by atoms with E-state index in [-0.39, 0.29) is 0 Å². The molecule has 4 nitrogen and oxygen atoms in total. The summed E-state index contributed by atoms with van der Waals surface area (Å²) >= 11 is 11.2. The van der Waals surface area contributed by atoms with E-state index in [2.05, 4.69) is 36.5 Å². The lowest BCUT2D eigenvalue weighted by molar-refractivity contribution is 1.11. The summed E-state index contributed by atoms with van der Waals surface area (Å²) in [4.78, 5) is 9.97. The lowest BCUT2D eigenvalue weighted by Gasteiger charge is -2.11. The summed E-state index contributed by atoms with van der Waals surface area (Å²) in [5.41, 5.74) is 0.871. The van der Waals surface area contributed by atoms with Crippen LogP contribution in [0.25, 0.3) is 10.2 Å². The van der Waals surface area contributed by atoms with Gasteiger partial charge in [0.15, 0.2) is 0 Å². The molecule has 2 N–H and O–H groups in total. The summed E-state index contributed by atoms with van der Waals surface area (Å²) in [6, 6.07) is 7.69. The van der Waals surface area contributed by atoms with Crippen molar-refractivity contribution in [1.82, 2.24) is 9.97 Å². The van der Waals surface area contributed by atoms with Crippen LogP contribution in [0.15, 0.2) is 34.1 Å². The fourth-order valence-corrected chi connectivity index (χ4v) is 3.22. The lowest BCUT2D eigenvalue weighted by atomic mass is 10.3. The maximum atomic E-state index is 6.13. The molecule has 1 aromatic carbocycles. The molecule has 0 amide bonds. The zero-order chi connectivity index (χ0) is 14.8. The zero-order valence-electron chi connectivity index (χ0n) is 11.2. The third-order valence-corrected chi connectivity index (χ3v) is 5.07. The Balaban J connectivity index is 2.06. The van der Waals surface area contributed by atoms with Crippen LogP contribution in [-0.4, -0.2) is 16.5 Å². The van der Waals surface area contributed by atoms with Gasteiger partial charge >= 0.3 is 0 Å². The second-order valence-corrected chi connectivity index (χ2v) is 6.39. The fraction of sp³-hybridized carbons (Fsp3) is 0.143. The van der Waals surface area contributed by atoms with Crippen molar-refractivity contribution in [3.63, 3.8) is 0 Å². The Bertz CT molecular complexity index is 790. The van der Waals surface area contributed by atoms with Crippen molar-refractivity contribution in [1.29, 1.82) is 0 Å². The molecular formula is C14H12BrClN4S. The van der Waals surface area contributed by atoms with Gasteiger partial charge < -0.3 is 10.6 Å². The van der Waals surface area contributed by atoms with E-state index in [4.69, 9.17) is 11.6 Å². The number of halogens is 2. The van der Waals surface area contributed by atoms with E-state index in [0.29, 0.717) is 11.0 Å². The van der Waals surface area contributed by atoms with Crippen LogP contribution in [0.4, 0.5) is 17.5 Å². The Morgan fingerprint density at radius 3 is 2.95 bits per heavy atom. The van der Waals surface area contributed by atoms with Crippen molar-refractivity contribution in [2.45, 2.75) is 6.92 Å². The first-order valence-electron chi connectivity index (χ1n) is 6.39. The number of anilines is 3. The topological polar surface area (TPSA) is 49.8 Å². The number of rotatable bonds is 4. The van der Waals surface area contributed by atoms with Crippen LogP contribution in [0.3, 0.4) is 0 Å². The normalized spacial score (nSPS) is 10.8. The quantitative estimate of drug-likeness (QED) is 0.643. The highest BCUT2D eigenvalue weighted by Crippen LogP contribution is 2.34. The molecule has 21 heavy (non-hydrogen) atoms. The second-order valence-electron chi connectivity index (χ2n) is 4.29. The molecule has 0 aliphatic rings. The zero-order valence-corrected chi connectivity index (χ0v) is 14.3. The summed E-state index contributed by atoms with van der Waals surface area (Å²) < 4.78 is 0.818. The molecule has 7 heteroatoms. The SMILES string of the molecule is CCNc1nc(Nc2cccc(Cl)c2Br)c2ccsc2n1. The van der Waals surface area contributed by atoms with Crippen LogP contribution in [0.5, 0.6) is 0 Å². The van der Waals surface area contributed by atoms with E-state index in [1.54, 1.807) is 11.3 Å². The Kier molecular flexibility index (Phi) is 4.28. The highest BCUT2D eigenvalue weighted by atomic mass is 79.9. The summed E-state index contributed by atoms with van der Waals surface area (Å²) in [5, 5.41) is 10.1. The smallest absolute Gasteiger partial charge is 0.226 e. The first-order chi connectivity index (χ1) is 10.2. The van der Waals surface area contributed by atoms with Crippen molar-refractivity contribution < 1.29 is 0 Å². The third kappa shape index (κ3) is 2.97. The van der Waals surface area contributed by atoms with E-state index in [1.807, 2.05) is 36.6 Å². The molecular weight excluding hydrogens is 372 g/mol. The van der Waals surface area contributed by atoms with E-state index >= 15 is 0 Å². The van der Waals surface area contributed by atoms with Gasteiger partial charge in [-0.1, -0.05) is 17.7 Å². The van der Waals surface area contributed by atoms with Gasteiger partial charge in [0.1, 0.15) is 10.6 Å². The first kappa shape index (κ1) is 14.6. The molecule has 2 heterocycles. The molecule has 0 saturated carbocycles. The minimum absolute atomic E-state index is 0.619. The molecule has 108 valence electrons. The first-order valence-corrected chi connectivity index (χ1v) is 8.44. The van der Waals surface area contributed by atoms with Crippen LogP contribution in [0.1, 0.15) is 6.92 Å². The maximum absolute atomic E-state index is 6.13. The van der Waals surface area contributed by atoms with Gasteiger partial charge in [0.2, 0.25) is 5.95 Å². The van der Waals surface area contributed by atoms with Gasteiger partial charge in [0.25, 0.3) is 0 Å². The van der Waals surface area contributed by atoms with Crippen molar-refractivity contribution in [2.24, 2.45) is 0 Å². The number of hydrogen-bond acceptors (Lipinski definition) is 5. The second kappa shape index (κ2) is 6.17. The largest absolute Gasteiger partial charge is 0.354 e. The number of aromatic nitrogens is 2. The molecule has 0 spiro atoms. The monoisotopic (exact) mass is 382 g/mol. The minimum atomic E-state index is 0.619. The molecule has 3 rings (SSSR count). The Hall–Kier alpha value is -1.37. The third-order valence-electron chi connectivity index (χ3n) is 2.86. The van der Waals surface area contributed by atoms with Gasteiger partial charge in [-0.25, -0.2) is 4.98 Å². The summed E-state index contributed by atoms with van der Waals surface area (Å²) in [6.45, 7) is 2.79. The van der Waals surface area contributed by atoms with Crippen molar-refractivity contribution in [2.75, 3.05) is 17.2 Å². The van der Waals surface area contributed by atoms with Gasteiger partial charge in [-0.3, -0.25) is 0 Å². The molecule has 0 saturated heterocycles. The highest BCUT2D eigenvalue weighted by molar-refractivity contribution is 9.10. The standard InChI is InChI=1S/C14H12BrClN4S/c1-2-17-14-19-12(8-6-7-21-13(8)20-14)18-10-5-3-4-9(16)11(10)15/h3-7H,2H2,1H3,(H2,17,18,19,20). The highest BCUT2D eigenvalue weighted by Gasteiger charge is 2.11. The molecule has 0 fully saturated rings. The van der Waals surface area contributed by atoms with Crippen molar-refractivity contribution in [3.8, 4) is 0 Å². The van der Waals surface area contributed by atoms with Gasteiger partial charge in [0.05, 0.1) is 20.6 Å². The summed E-state index contributed by atoms with van der Waals surface area (Å²) in [6.07, 6.45) is 0. The molecule has 0 aliphatic heterocycles.